The zero-order valence-electron chi connectivity index (χ0n) is 11.3. The predicted molar refractivity (Wildman–Crippen MR) is 69.6 cm³/mol. The maximum atomic E-state index is 11.9. The fourth-order valence-electron chi connectivity index (χ4n) is 1.48. The predicted octanol–water partition coefficient (Wildman–Crippen LogP) is -0.517. The number of carboxylic acids is 1. The fourth-order valence-corrected chi connectivity index (χ4v) is 1.48. The van der Waals surface area contributed by atoms with Gasteiger partial charge >= 0.3 is 5.97 Å². The molecule has 0 aliphatic heterocycles. The third-order valence-electron chi connectivity index (χ3n) is 2.62. The van der Waals surface area contributed by atoms with Crippen molar-refractivity contribution in [1.29, 1.82) is 0 Å². The summed E-state index contributed by atoms with van der Waals surface area (Å²) in [4.78, 5) is 34.2. The number of carboxylic acid groups (broad SMARTS) is 1. The summed E-state index contributed by atoms with van der Waals surface area (Å²) in [6.45, 7) is 2.14. The van der Waals surface area contributed by atoms with Crippen LogP contribution >= 0.6 is 0 Å². The van der Waals surface area contributed by atoms with Gasteiger partial charge in [-0.25, -0.2) is 9.48 Å². The van der Waals surface area contributed by atoms with Crippen molar-refractivity contribution >= 4 is 11.9 Å². The second-order valence-electron chi connectivity index (χ2n) is 4.05. The lowest BCUT2D eigenvalue weighted by Crippen LogP contribution is -2.41. The molecule has 0 saturated heterocycles. The summed E-state index contributed by atoms with van der Waals surface area (Å²) in [5.41, 5.74) is -0.371. The molecule has 0 spiro atoms. The number of hydrogen-bond acceptors (Lipinski definition) is 5. The molecule has 0 bridgehead atoms. The Hall–Kier alpha value is -2.22. The molecule has 0 saturated carbocycles. The largest absolute Gasteiger partial charge is 0.480 e. The molecule has 8 heteroatoms. The van der Waals surface area contributed by atoms with Crippen molar-refractivity contribution < 1.29 is 19.4 Å². The smallest absolute Gasteiger partial charge is 0.326 e. The molecule has 1 amide bonds. The van der Waals surface area contributed by atoms with E-state index in [1.165, 1.54) is 19.2 Å². The Balaban J connectivity index is 2.88. The van der Waals surface area contributed by atoms with Crippen LogP contribution in [-0.2, 0) is 16.1 Å². The Morgan fingerprint density at radius 1 is 1.50 bits per heavy atom. The van der Waals surface area contributed by atoms with Crippen LogP contribution in [-0.4, -0.2) is 46.5 Å². The lowest BCUT2D eigenvalue weighted by molar-refractivity contribution is -0.139. The van der Waals surface area contributed by atoms with Crippen LogP contribution in [0.5, 0.6) is 0 Å². The van der Waals surface area contributed by atoms with E-state index in [4.69, 9.17) is 9.84 Å². The lowest BCUT2D eigenvalue weighted by atomic mass is 10.2. The van der Waals surface area contributed by atoms with Crippen LogP contribution in [0, 0.1) is 0 Å². The molecular weight excluding hydrogens is 266 g/mol. The number of hydrogen-bond donors (Lipinski definition) is 2. The molecule has 2 N–H and O–H groups in total. The van der Waals surface area contributed by atoms with Crippen molar-refractivity contribution in [2.45, 2.75) is 25.9 Å². The van der Waals surface area contributed by atoms with Gasteiger partial charge in [-0.05, 0) is 12.5 Å². The molecule has 20 heavy (non-hydrogen) atoms. The zero-order valence-corrected chi connectivity index (χ0v) is 11.3. The summed E-state index contributed by atoms with van der Waals surface area (Å²) in [6, 6.07) is 1.48. The van der Waals surface area contributed by atoms with E-state index in [1.54, 1.807) is 6.92 Å². The standard InChI is InChI=1S/C12H17N3O5/c1-3-8(12(18)19)13-11(17)9-4-5-10(16)15(14-9)6-7-20-2/h4-5,8H,3,6-7H2,1-2H3,(H,13,17)(H,18,19)/t8-/m1/s1. The van der Waals surface area contributed by atoms with Gasteiger partial charge < -0.3 is 15.2 Å². The van der Waals surface area contributed by atoms with E-state index in [0.29, 0.717) is 0 Å². The molecule has 1 aromatic heterocycles. The van der Waals surface area contributed by atoms with Crippen molar-refractivity contribution in [3.8, 4) is 0 Å². The molecule has 0 radical (unpaired) electrons. The number of nitrogens with zero attached hydrogens (tertiary/aromatic N) is 2. The molecule has 0 aliphatic rings. The highest BCUT2D eigenvalue weighted by atomic mass is 16.5. The normalized spacial score (nSPS) is 11.9. The van der Waals surface area contributed by atoms with Crippen LogP contribution in [0.2, 0.25) is 0 Å². The van der Waals surface area contributed by atoms with E-state index in [2.05, 4.69) is 10.4 Å². The first kappa shape index (κ1) is 15.8. The molecule has 0 aliphatic carbocycles. The van der Waals surface area contributed by atoms with Gasteiger partial charge in [0.2, 0.25) is 0 Å². The van der Waals surface area contributed by atoms with Crippen molar-refractivity contribution in [3.05, 3.63) is 28.2 Å². The fraction of sp³-hybridized carbons (Fsp3) is 0.500. The molecule has 1 aromatic rings. The number of amides is 1. The van der Waals surface area contributed by atoms with Gasteiger partial charge in [-0.3, -0.25) is 9.59 Å². The van der Waals surface area contributed by atoms with Crippen molar-refractivity contribution in [2.75, 3.05) is 13.7 Å². The SMILES string of the molecule is CC[C@@H](NC(=O)c1ccc(=O)n(CCOC)n1)C(=O)O. The minimum atomic E-state index is -1.12. The van der Waals surface area contributed by atoms with Crippen LogP contribution in [0.1, 0.15) is 23.8 Å². The van der Waals surface area contributed by atoms with Crippen LogP contribution in [0.25, 0.3) is 0 Å². The van der Waals surface area contributed by atoms with E-state index < -0.39 is 17.9 Å². The number of aromatic nitrogens is 2. The third-order valence-corrected chi connectivity index (χ3v) is 2.62. The molecule has 110 valence electrons. The van der Waals surface area contributed by atoms with Crippen LogP contribution in [0.4, 0.5) is 0 Å². The second-order valence-corrected chi connectivity index (χ2v) is 4.05. The topological polar surface area (TPSA) is 111 Å². The van der Waals surface area contributed by atoms with E-state index in [1.807, 2.05) is 0 Å². The van der Waals surface area contributed by atoms with Gasteiger partial charge in [-0.1, -0.05) is 6.92 Å². The first-order valence-corrected chi connectivity index (χ1v) is 6.10. The van der Waals surface area contributed by atoms with Crippen LogP contribution in [0.3, 0.4) is 0 Å². The Labute approximate surface area is 115 Å². The number of carbonyl (C=O) groups is 2. The Morgan fingerprint density at radius 2 is 2.20 bits per heavy atom. The Bertz CT molecular complexity index is 540. The highest BCUT2D eigenvalue weighted by Crippen LogP contribution is 1.96. The molecular formula is C12H17N3O5. The molecule has 1 heterocycles. The Morgan fingerprint density at radius 3 is 2.75 bits per heavy atom. The number of carbonyl (C=O) groups excluding carboxylic acids is 1. The number of aliphatic carboxylic acids is 1. The summed E-state index contributed by atoms with van der Waals surface area (Å²) < 4.78 is 5.93. The molecule has 1 atom stereocenters. The van der Waals surface area contributed by atoms with Crippen LogP contribution in [0.15, 0.2) is 16.9 Å². The second kappa shape index (κ2) is 7.39. The molecule has 0 unspecified atom stereocenters. The quantitative estimate of drug-likeness (QED) is 0.697. The van der Waals surface area contributed by atoms with Crippen molar-refractivity contribution in [2.24, 2.45) is 0 Å². The van der Waals surface area contributed by atoms with E-state index in [9.17, 15) is 14.4 Å². The summed E-state index contributed by atoms with van der Waals surface area (Å²) in [6.07, 6.45) is 0.254. The van der Waals surface area contributed by atoms with Crippen molar-refractivity contribution in [1.82, 2.24) is 15.1 Å². The minimum absolute atomic E-state index is 0.0135. The highest BCUT2D eigenvalue weighted by molar-refractivity contribution is 5.94. The van der Waals surface area contributed by atoms with Gasteiger partial charge in [0.25, 0.3) is 11.5 Å². The van der Waals surface area contributed by atoms with Gasteiger partial charge in [-0.15, -0.1) is 0 Å². The van der Waals surface area contributed by atoms with Gasteiger partial charge in [0, 0.05) is 13.2 Å². The van der Waals surface area contributed by atoms with Crippen molar-refractivity contribution in [3.63, 3.8) is 0 Å². The summed E-state index contributed by atoms with van der Waals surface area (Å²) >= 11 is 0. The van der Waals surface area contributed by atoms with Gasteiger partial charge in [0.15, 0.2) is 0 Å². The molecule has 0 aromatic carbocycles. The lowest BCUT2D eigenvalue weighted by Gasteiger charge is -2.12. The molecule has 8 nitrogen and oxygen atoms in total. The third kappa shape index (κ3) is 4.16. The maximum Gasteiger partial charge on any atom is 0.326 e. The monoisotopic (exact) mass is 283 g/mol. The first-order chi connectivity index (χ1) is 9.49. The van der Waals surface area contributed by atoms with E-state index in [0.717, 1.165) is 4.68 Å². The zero-order chi connectivity index (χ0) is 15.1. The number of methoxy groups -OCH3 is 1. The molecule has 0 fully saturated rings. The maximum absolute atomic E-state index is 11.9. The number of ether oxygens (including phenoxy) is 1. The number of rotatable bonds is 7. The molecule has 1 rings (SSSR count). The first-order valence-electron chi connectivity index (χ1n) is 6.10. The van der Waals surface area contributed by atoms with Gasteiger partial charge in [0.1, 0.15) is 11.7 Å². The Kier molecular flexibility index (Phi) is 5.85. The summed E-state index contributed by atoms with van der Waals surface area (Å²) in [7, 11) is 1.49. The summed E-state index contributed by atoms with van der Waals surface area (Å²) in [5, 5.41) is 15.1. The highest BCUT2D eigenvalue weighted by Gasteiger charge is 2.19. The van der Waals surface area contributed by atoms with E-state index in [-0.39, 0.29) is 30.8 Å². The van der Waals surface area contributed by atoms with Crippen LogP contribution < -0.4 is 10.9 Å². The van der Waals surface area contributed by atoms with Gasteiger partial charge in [-0.2, -0.15) is 5.10 Å². The summed E-state index contributed by atoms with van der Waals surface area (Å²) in [5.74, 6) is -1.75. The van der Waals surface area contributed by atoms with Gasteiger partial charge in [0.05, 0.1) is 13.2 Å². The van der Waals surface area contributed by atoms with E-state index >= 15 is 0 Å². The average molecular weight is 283 g/mol. The minimum Gasteiger partial charge on any atom is -0.480 e. The number of nitrogens with one attached hydrogen (secondary N) is 1. The average Bonchev–Trinajstić information content (AvgIpc) is 2.43.